The molecule has 0 saturated heterocycles. The highest BCUT2D eigenvalue weighted by molar-refractivity contribution is 5.94. The summed E-state index contributed by atoms with van der Waals surface area (Å²) in [4.78, 5) is 24.3. The largest absolute Gasteiger partial charge is 0.497 e. The van der Waals surface area contributed by atoms with Gasteiger partial charge in [-0.15, -0.1) is 0 Å². The number of esters is 1. The van der Waals surface area contributed by atoms with Crippen LogP contribution in [0.2, 0.25) is 0 Å². The van der Waals surface area contributed by atoms with Gasteiger partial charge >= 0.3 is 5.97 Å². The fraction of sp³-hybridized carbons (Fsp3) is 0.391. The molecule has 0 saturated carbocycles. The monoisotopic (exact) mass is 399 g/mol. The Balaban J connectivity index is 1.90. The van der Waals surface area contributed by atoms with Crippen LogP contribution in [0.25, 0.3) is 0 Å². The van der Waals surface area contributed by atoms with Gasteiger partial charge in [0.1, 0.15) is 11.5 Å². The molecule has 0 spiro atoms. The van der Waals surface area contributed by atoms with Crippen LogP contribution in [0.1, 0.15) is 50.7 Å². The Morgan fingerprint density at radius 2 is 1.41 bits per heavy atom. The minimum atomic E-state index is -0.614. The van der Waals surface area contributed by atoms with Crippen LogP contribution < -0.4 is 14.8 Å². The van der Waals surface area contributed by atoms with Crippen LogP contribution in [0.3, 0.4) is 0 Å². The Kier molecular flexibility index (Phi) is 8.07. The number of anilines is 1. The quantitative estimate of drug-likeness (QED) is 0.629. The Hall–Kier alpha value is -3.02. The van der Waals surface area contributed by atoms with Gasteiger partial charge in [0.15, 0.2) is 13.2 Å². The van der Waals surface area contributed by atoms with Crippen molar-refractivity contribution in [3.8, 4) is 11.5 Å². The Morgan fingerprint density at radius 3 is 1.93 bits per heavy atom. The average Bonchev–Trinajstić information content (AvgIpc) is 2.70. The van der Waals surface area contributed by atoms with Gasteiger partial charge in [0, 0.05) is 5.69 Å². The third kappa shape index (κ3) is 6.52. The molecular weight excluding hydrogens is 370 g/mol. The van der Waals surface area contributed by atoms with E-state index in [9.17, 15) is 9.59 Å². The summed E-state index contributed by atoms with van der Waals surface area (Å²) in [5.41, 5.74) is 2.91. The van der Waals surface area contributed by atoms with Crippen molar-refractivity contribution in [1.29, 1.82) is 0 Å². The highest BCUT2D eigenvalue weighted by Crippen LogP contribution is 2.32. The van der Waals surface area contributed by atoms with Crippen molar-refractivity contribution < 1.29 is 23.8 Å². The van der Waals surface area contributed by atoms with Crippen LogP contribution in [-0.2, 0) is 14.3 Å². The number of nitrogens with one attached hydrogen (secondary N) is 1. The number of benzene rings is 2. The SMILES string of the molecule is COc1ccc(OCC(=O)OCC(=O)Nc2c(C(C)C)cccc2C(C)C)cc1. The van der Waals surface area contributed by atoms with Crippen LogP contribution in [0, 0.1) is 0 Å². The second kappa shape index (κ2) is 10.5. The number of hydrogen-bond acceptors (Lipinski definition) is 5. The van der Waals surface area contributed by atoms with E-state index in [1.54, 1.807) is 31.4 Å². The summed E-state index contributed by atoms with van der Waals surface area (Å²) in [6, 6.07) is 12.8. The zero-order valence-electron chi connectivity index (χ0n) is 17.7. The smallest absolute Gasteiger partial charge is 0.344 e. The van der Waals surface area contributed by atoms with Gasteiger partial charge in [-0.1, -0.05) is 45.9 Å². The number of methoxy groups -OCH3 is 1. The molecule has 6 heteroatoms. The minimum absolute atomic E-state index is 0.254. The standard InChI is InChI=1S/C23H29NO5/c1-15(2)19-7-6-8-20(16(3)4)23(19)24-21(25)13-29-22(26)14-28-18-11-9-17(27-5)10-12-18/h6-12,15-16H,13-14H2,1-5H3,(H,24,25). The van der Waals surface area contributed by atoms with Gasteiger partial charge in [0.2, 0.25) is 0 Å². The maximum Gasteiger partial charge on any atom is 0.344 e. The van der Waals surface area contributed by atoms with Gasteiger partial charge < -0.3 is 19.5 Å². The predicted molar refractivity (Wildman–Crippen MR) is 113 cm³/mol. The number of carbonyl (C=O) groups is 2. The van der Waals surface area contributed by atoms with Crippen LogP contribution in [0.15, 0.2) is 42.5 Å². The van der Waals surface area contributed by atoms with Crippen LogP contribution >= 0.6 is 0 Å². The molecule has 0 radical (unpaired) electrons. The van der Waals surface area contributed by atoms with Gasteiger partial charge in [-0.25, -0.2) is 4.79 Å². The Bertz CT molecular complexity index is 801. The van der Waals surface area contributed by atoms with Crippen molar-refractivity contribution in [2.24, 2.45) is 0 Å². The first kappa shape index (κ1) is 22.3. The highest BCUT2D eigenvalue weighted by Gasteiger charge is 2.17. The van der Waals surface area contributed by atoms with Crippen LogP contribution in [0.4, 0.5) is 5.69 Å². The van der Waals surface area contributed by atoms with Crippen molar-refractivity contribution in [2.75, 3.05) is 25.6 Å². The van der Waals surface area contributed by atoms with Crippen molar-refractivity contribution in [2.45, 2.75) is 39.5 Å². The molecule has 0 heterocycles. The van der Waals surface area contributed by atoms with Crippen LogP contribution in [0.5, 0.6) is 11.5 Å². The first-order valence-corrected chi connectivity index (χ1v) is 9.67. The molecule has 2 aromatic carbocycles. The lowest BCUT2D eigenvalue weighted by molar-refractivity contribution is -0.149. The fourth-order valence-electron chi connectivity index (χ4n) is 2.87. The molecule has 6 nitrogen and oxygen atoms in total. The Labute approximate surface area is 172 Å². The van der Waals surface area contributed by atoms with Crippen molar-refractivity contribution in [3.05, 3.63) is 53.6 Å². The third-order valence-electron chi connectivity index (χ3n) is 4.42. The number of hydrogen-bond donors (Lipinski definition) is 1. The van der Waals surface area contributed by atoms with E-state index < -0.39 is 5.97 Å². The second-order valence-corrected chi connectivity index (χ2v) is 7.29. The Morgan fingerprint density at radius 1 is 0.862 bits per heavy atom. The van der Waals surface area contributed by atoms with Gasteiger partial charge in [-0.3, -0.25) is 4.79 Å². The molecule has 0 aliphatic rings. The van der Waals surface area contributed by atoms with E-state index in [-0.39, 0.29) is 31.0 Å². The van der Waals surface area contributed by atoms with Crippen molar-refractivity contribution in [1.82, 2.24) is 0 Å². The molecule has 2 rings (SSSR count). The minimum Gasteiger partial charge on any atom is -0.497 e. The van der Waals surface area contributed by atoms with E-state index in [1.807, 2.05) is 18.2 Å². The summed E-state index contributed by atoms with van der Waals surface area (Å²) >= 11 is 0. The second-order valence-electron chi connectivity index (χ2n) is 7.29. The van der Waals surface area contributed by atoms with E-state index in [2.05, 4.69) is 33.0 Å². The van der Waals surface area contributed by atoms with Gasteiger partial charge in [0.25, 0.3) is 5.91 Å². The number of rotatable bonds is 9. The summed E-state index contributed by atoms with van der Waals surface area (Å²) in [6.07, 6.45) is 0. The normalized spacial score (nSPS) is 10.7. The van der Waals surface area contributed by atoms with E-state index in [0.29, 0.717) is 11.5 Å². The molecule has 0 unspecified atom stereocenters. The molecule has 2 aromatic rings. The molecule has 156 valence electrons. The third-order valence-corrected chi connectivity index (χ3v) is 4.42. The molecule has 0 atom stereocenters. The zero-order chi connectivity index (χ0) is 21.4. The molecule has 0 aliphatic heterocycles. The number of carbonyl (C=O) groups excluding carboxylic acids is 2. The highest BCUT2D eigenvalue weighted by atomic mass is 16.6. The summed E-state index contributed by atoms with van der Waals surface area (Å²) < 4.78 is 15.5. The molecule has 0 fully saturated rings. The van der Waals surface area contributed by atoms with Crippen molar-refractivity contribution in [3.63, 3.8) is 0 Å². The maximum absolute atomic E-state index is 12.4. The lowest BCUT2D eigenvalue weighted by Gasteiger charge is -2.20. The maximum atomic E-state index is 12.4. The summed E-state index contributed by atoms with van der Waals surface area (Å²) in [6.45, 7) is 7.66. The number of para-hydroxylation sites is 1. The van der Waals surface area contributed by atoms with Crippen molar-refractivity contribution >= 4 is 17.6 Å². The van der Waals surface area contributed by atoms with Crippen LogP contribution in [-0.4, -0.2) is 32.2 Å². The lowest BCUT2D eigenvalue weighted by Crippen LogP contribution is -2.24. The molecule has 1 N–H and O–H groups in total. The first-order chi connectivity index (χ1) is 13.8. The molecule has 0 aliphatic carbocycles. The average molecular weight is 399 g/mol. The first-order valence-electron chi connectivity index (χ1n) is 9.67. The zero-order valence-corrected chi connectivity index (χ0v) is 17.7. The van der Waals surface area contributed by atoms with Gasteiger partial charge in [-0.2, -0.15) is 0 Å². The molecular formula is C23H29NO5. The van der Waals surface area contributed by atoms with Gasteiger partial charge in [-0.05, 0) is 47.2 Å². The fourth-order valence-corrected chi connectivity index (χ4v) is 2.87. The lowest BCUT2D eigenvalue weighted by atomic mass is 9.92. The molecule has 1 amide bonds. The topological polar surface area (TPSA) is 73.9 Å². The predicted octanol–water partition coefficient (Wildman–Crippen LogP) is 4.50. The van der Waals surface area contributed by atoms with E-state index >= 15 is 0 Å². The van der Waals surface area contributed by atoms with E-state index in [4.69, 9.17) is 14.2 Å². The molecule has 0 bridgehead atoms. The van der Waals surface area contributed by atoms with Gasteiger partial charge in [0.05, 0.1) is 7.11 Å². The molecule has 0 aromatic heterocycles. The summed E-state index contributed by atoms with van der Waals surface area (Å²) in [7, 11) is 1.57. The van der Waals surface area contributed by atoms with E-state index in [1.165, 1.54) is 0 Å². The number of amides is 1. The van der Waals surface area contributed by atoms with E-state index in [0.717, 1.165) is 16.8 Å². The summed E-state index contributed by atoms with van der Waals surface area (Å²) in [5.74, 6) is 0.725. The summed E-state index contributed by atoms with van der Waals surface area (Å²) in [5, 5.41) is 2.91. The number of ether oxygens (including phenoxy) is 3. The molecule has 29 heavy (non-hydrogen) atoms.